The summed E-state index contributed by atoms with van der Waals surface area (Å²) in [7, 11) is 0. The van der Waals surface area contributed by atoms with Gasteiger partial charge in [0.1, 0.15) is 5.82 Å². The van der Waals surface area contributed by atoms with Crippen LogP contribution in [0.15, 0.2) is 12.3 Å². The fourth-order valence-electron chi connectivity index (χ4n) is 2.15. The van der Waals surface area contributed by atoms with Gasteiger partial charge in [-0.2, -0.15) is 0 Å². The van der Waals surface area contributed by atoms with Gasteiger partial charge in [-0.05, 0) is 13.0 Å². The summed E-state index contributed by atoms with van der Waals surface area (Å²) in [6, 6.07) is 1.45. The molecule has 19 heavy (non-hydrogen) atoms. The van der Waals surface area contributed by atoms with Gasteiger partial charge in [0.15, 0.2) is 0 Å². The first-order valence-electron chi connectivity index (χ1n) is 6.01. The van der Waals surface area contributed by atoms with Crippen molar-refractivity contribution in [2.24, 2.45) is 0 Å². The molecule has 2 atom stereocenters. The van der Waals surface area contributed by atoms with Crippen LogP contribution in [-0.2, 0) is 4.74 Å². The van der Waals surface area contributed by atoms with E-state index in [0.717, 1.165) is 0 Å². The Balaban J connectivity index is 2.26. The lowest BCUT2D eigenvalue weighted by atomic mass is 10.2. The number of pyridine rings is 1. The minimum Gasteiger partial charge on any atom is -0.478 e. The van der Waals surface area contributed by atoms with Crippen LogP contribution in [0.5, 0.6) is 0 Å². The molecule has 1 saturated heterocycles. The fourth-order valence-corrected chi connectivity index (χ4v) is 2.15. The third-order valence-corrected chi connectivity index (χ3v) is 3.00. The number of aliphatic hydroxyl groups excluding tert-OH is 1. The molecule has 4 N–H and O–H groups in total. The maximum atomic E-state index is 11.1. The van der Waals surface area contributed by atoms with Gasteiger partial charge in [0.2, 0.25) is 0 Å². The zero-order valence-corrected chi connectivity index (χ0v) is 10.6. The van der Waals surface area contributed by atoms with Crippen LogP contribution in [0.4, 0.5) is 11.5 Å². The highest BCUT2D eigenvalue weighted by Crippen LogP contribution is 2.22. The van der Waals surface area contributed by atoms with Crippen LogP contribution < -0.4 is 10.6 Å². The van der Waals surface area contributed by atoms with Gasteiger partial charge < -0.3 is 25.6 Å². The molecule has 1 aliphatic heterocycles. The number of ether oxygens (including phenoxy) is 1. The average molecular weight is 267 g/mol. The second-order valence-corrected chi connectivity index (χ2v) is 4.59. The van der Waals surface area contributed by atoms with Crippen molar-refractivity contribution >= 4 is 17.5 Å². The maximum absolute atomic E-state index is 11.1. The van der Waals surface area contributed by atoms with Crippen LogP contribution in [0.3, 0.4) is 0 Å². The van der Waals surface area contributed by atoms with Crippen molar-refractivity contribution in [2.75, 3.05) is 30.3 Å². The predicted octanol–water partition coefficient (Wildman–Crippen LogP) is -0.0520. The number of morpholine rings is 1. The Kier molecular flexibility index (Phi) is 3.87. The molecule has 2 rings (SSSR count). The molecular weight excluding hydrogens is 250 g/mol. The molecule has 0 amide bonds. The number of anilines is 2. The largest absolute Gasteiger partial charge is 0.478 e. The SMILES string of the molecule is CC1CN(c2cc(C(=O)O)c(N)cn2)CC(CO)O1. The van der Waals surface area contributed by atoms with Gasteiger partial charge in [0.05, 0.1) is 36.3 Å². The molecule has 7 nitrogen and oxygen atoms in total. The summed E-state index contributed by atoms with van der Waals surface area (Å²) in [5, 5.41) is 18.2. The Morgan fingerprint density at radius 3 is 3.00 bits per heavy atom. The van der Waals surface area contributed by atoms with Gasteiger partial charge in [0, 0.05) is 13.1 Å². The summed E-state index contributed by atoms with van der Waals surface area (Å²) in [6.45, 7) is 2.87. The van der Waals surface area contributed by atoms with Crippen molar-refractivity contribution in [3.05, 3.63) is 17.8 Å². The molecule has 1 fully saturated rings. The van der Waals surface area contributed by atoms with Crippen LogP contribution >= 0.6 is 0 Å². The van der Waals surface area contributed by atoms with E-state index in [4.69, 9.17) is 15.6 Å². The van der Waals surface area contributed by atoms with Crippen LogP contribution in [0.1, 0.15) is 17.3 Å². The molecule has 1 aliphatic rings. The van der Waals surface area contributed by atoms with Gasteiger partial charge in [0.25, 0.3) is 0 Å². The molecule has 104 valence electrons. The van der Waals surface area contributed by atoms with Crippen molar-refractivity contribution in [3.8, 4) is 0 Å². The van der Waals surface area contributed by atoms with Crippen molar-refractivity contribution in [3.63, 3.8) is 0 Å². The molecule has 0 bridgehead atoms. The highest BCUT2D eigenvalue weighted by atomic mass is 16.5. The van der Waals surface area contributed by atoms with Crippen LogP contribution in [0.25, 0.3) is 0 Å². The molecule has 2 unspecified atom stereocenters. The lowest BCUT2D eigenvalue weighted by molar-refractivity contribution is -0.0423. The standard InChI is InChI=1S/C12H17N3O4/c1-7-4-15(5-8(6-16)19-7)11-2-9(12(17)18)10(13)3-14-11/h2-3,7-8,16H,4-6,13H2,1H3,(H,17,18). The zero-order valence-electron chi connectivity index (χ0n) is 10.6. The molecule has 0 spiro atoms. The van der Waals surface area contributed by atoms with E-state index >= 15 is 0 Å². The van der Waals surface area contributed by atoms with Crippen molar-refractivity contribution in [1.82, 2.24) is 4.98 Å². The first kappa shape index (κ1) is 13.6. The number of nitrogens with two attached hydrogens (primary N) is 1. The molecule has 7 heteroatoms. The molecule has 0 saturated carbocycles. The third-order valence-electron chi connectivity index (χ3n) is 3.00. The highest BCUT2D eigenvalue weighted by Gasteiger charge is 2.26. The third kappa shape index (κ3) is 2.94. The number of hydrogen-bond acceptors (Lipinski definition) is 6. The Morgan fingerprint density at radius 2 is 2.37 bits per heavy atom. The van der Waals surface area contributed by atoms with Crippen LogP contribution in [0.2, 0.25) is 0 Å². The van der Waals surface area contributed by atoms with Crippen LogP contribution in [0, 0.1) is 0 Å². The van der Waals surface area contributed by atoms with Crippen molar-refractivity contribution < 1.29 is 19.7 Å². The number of rotatable bonds is 3. The van der Waals surface area contributed by atoms with E-state index in [2.05, 4.69) is 4.98 Å². The monoisotopic (exact) mass is 267 g/mol. The minimum absolute atomic E-state index is 0.0321. The Labute approximate surface area is 110 Å². The molecule has 0 radical (unpaired) electrons. The van der Waals surface area contributed by atoms with E-state index in [1.165, 1.54) is 12.3 Å². The number of aliphatic hydroxyl groups is 1. The lowest BCUT2D eigenvalue weighted by Crippen LogP contribution is -2.48. The quantitative estimate of drug-likeness (QED) is 0.704. The number of hydrogen-bond donors (Lipinski definition) is 3. The number of carboxylic acid groups (broad SMARTS) is 1. The molecule has 2 heterocycles. The van der Waals surface area contributed by atoms with E-state index in [0.29, 0.717) is 18.9 Å². The normalized spacial score (nSPS) is 23.4. The second-order valence-electron chi connectivity index (χ2n) is 4.59. The highest BCUT2D eigenvalue weighted by molar-refractivity contribution is 5.94. The number of aromatic carboxylic acids is 1. The number of aromatic nitrogens is 1. The molecule has 1 aromatic heterocycles. The van der Waals surface area contributed by atoms with Gasteiger partial charge in [-0.15, -0.1) is 0 Å². The minimum atomic E-state index is -1.08. The van der Waals surface area contributed by atoms with Gasteiger partial charge in [-0.1, -0.05) is 0 Å². The molecular formula is C12H17N3O4. The fraction of sp³-hybridized carbons (Fsp3) is 0.500. The summed E-state index contributed by atoms with van der Waals surface area (Å²) in [5.74, 6) is -0.554. The van der Waals surface area contributed by atoms with Crippen molar-refractivity contribution in [2.45, 2.75) is 19.1 Å². The smallest absolute Gasteiger partial charge is 0.337 e. The maximum Gasteiger partial charge on any atom is 0.337 e. The first-order chi connectivity index (χ1) is 9.01. The van der Waals surface area contributed by atoms with E-state index < -0.39 is 5.97 Å². The van der Waals surface area contributed by atoms with Gasteiger partial charge >= 0.3 is 5.97 Å². The molecule has 0 aromatic carbocycles. The number of nitrogens with zero attached hydrogens (tertiary/aromatic N) is 2. The summed E-state index contributed by atoms with van der Waals surface area (Å²) in [5.41, 5.74) is 5.74. The summed E-state index contributed by atoms with van der Waals surface area (Å²) < 4.78 is 5.53. The van der Waals surface area contributed by atoms with Gasteiger partial charge in [-0.25, -0.2) is 9.78 Å². The predicted molar refractivity (Wildman–Crippen MR) is 69.2 cm³/mol. The van der Waals surface area contributed by atoms with E-state index in [1.54, 1.807) is 0 Å². The lowest BCUT2D eigenvalue weighted by Gasteiger charge is -2.36. The first-order valence-corrected chi connectivity index (χ1v) is 6.01. The van der Waals surface area contributed by atoms with E-state index in [-0.39, 0.29) is 30.1 Å². The number of carbonyl (C=O) groups is 1. The number of nitrogen functional groups attached to an aromatic ring is 1. The Bertz CT molecular complexity index is 480. The second kappa shape index (κ2) is 5.41. The van der Waals surface area contributed by atoms with E-state index in [1.807, 2.05) is 11.8 Å². The summed E-state index contributed by atoms with van der Waals surface area (Å²) >= 11 is 0. The topological polar surface area (TPSA) is 109 Å². The summed E-state index contributed by atoms with van der Waals surface area (Å²) in [6.07, 6.45) is 0.988. The van der Waals surface area contributed by atoms with Gasteiger partial charge in [-0.3, -0.25) is 0 Å². The molecule has 0 aliphatic carbocycles. The zero-order chi connectivity index (χ0) is 14.0. The number of carboxylic acids is 1. The Morgan fingerprint density at radius 1 is 1.63 bits per heavy atom. The van der Waals surface area contributed by atoms with Crippen LogP contribution in [-0.4, -0.2) is 53.1 Å². The van der Waals surface area contributed by atoms with E-state index in [9.17, 15) is 9.90 Å². The summed E-state index contributed by atoms with van der Waals surface area (Å²) in [4.78, 5) is 17.1. The average Bonchev–Trinajstić information content (AvgIpc) is 2.38. The molecule has 1 aromatic rings. The van der Waals surface area contributed by atoms with Crippen molar-refractivity contribution in [1.29, 1.82) is 0 Å². The Hall–Kier alpha value is -1.86.